The lowest BCUT2D eigenvalue weighted by atomic mass is 10.0. The second-order valence-electron chi connectivity index (χ2n) is 5.05. The van der Waals surface area contributed by atoms with Gasteiger partial charge in [-0.15, -0.1) is 11.3 Å². The van der Waals surface area contributed by atoms with Crippen molar-refractivity contribution < 1.29 is 8.42 Å². The highest BCUT2D eigenvalue weighted by atomic mass is 32.2. The van der Waals surface area contributed by atoms with Gasteiger partial charge < -0.3 is 5.73 Å². The average molecular weight is 345 g/mol. The summed E-state index contributed by atoms with van der Waals surface area (Å²) >= 11 is 1.58. The van der Waals surface area contributed by atoms with Gasteiger partial charge in [0.05, 0.1) is 15.5 Å². The molecule has 0 amide bonds. The molecule has 7 heteroatoms. The van der Waals surface area contributed by atoms with Crippen LogP contribution in [0.1, 0.15) is 4.88 Å². The van der Waals surface area contributed by atoms with E-state index in [9.17, 15) is 8.42 Å². The molecule has 0 spiro atoms. The fourth-order valence-corrected chi connectivity index (χ4v) is 3.92. The Kier molecular flexibility index (Phi) is 4.25. The summed E-state index contributed by atoms with van der Waals surface area (Å²) in [6.07, 6.45) is 4.40. The van der Waals surface area contributed by atoms with Gasteiger partial charge in [0.15, 0.2) is 9.84 Å². The van der Waals surface area contributed by atoms with Crippen molar-refractivity contribution in [3.8, 4) is 21.7 Å². The molecular formula is C16H15N3O2S2. The Balaban J connectivity index is 2.11. The van der Waals surface area contributed by atoms with Crippen molar-refractivity contribution in [3.63, 3.8) is 0 Å². The molecule has 0 saturated heterocycles. The van der Waals surface area contributed by atoms with Crippen LogP contribution in [-0.4, -0.2) is 24.6 Å². The number of hydrogen-bond acceptors (Lipinski definition) is 6. The van der Waals surface area contributed by atoms with E-state index in [1.54, 1.807) is 29.7 Å². The number of thiophene rings is 1. The Hall–Kier alpha value is -2.09. The monoisotopic (exact) mass is 345 g/mol. The van der Waals surface area contributed by atoms with Gasteiger partial charge in [0.2, 0.25) is 0 Å². The summed E-state index contributed by atoms with van der Waals surface area (Å²) in [6.45, 7) is 0.449. The highest BCUT2D eigenvalue weighted by Gasteiger charge is 2.14. The fourth-order valence-electron chi connectivity index (χ4n) is 2.25. The predicted molar refractivity (Wildman–Crippen MR) is 91.8 cm³/mol. The molecule has 3 rings (SSSR count). The van der Waals surface area contributed by atoms with Crippen LogP contribution in [0.5, 0.6) is 0 Å². The zero-order valence-corrected chi connectivity index (χ0v) is 14.1. The first-order chi connectivity index (χ1) is 11.0. The van der Waals surface area contributed by atoms with E-state index in [2.05, 4.69) is 9.97 Å². The van der Waals surface area contributed by atoms with E-state index in [-0.39, 0.29) is 0 Å². The van der Waals surface area contributed by atoms with E-state index in [1.165, 1.54) is 12.6 Å². The van der Waals surface area contributed by atoms with Gasteiger partial charge in [-0.25, -0.2) is 18.4 Å². The van der Waals surface area contributed by atoms with E-state index < -0.39 is 9.84 Å². The van der Waals surface area contributed by atoms with Crippen LogP contribution in [0.15, 0.2) is 53.8 Å². The van der Waals surface area contributed by atoms with Gasteiger partial charge in [-0.2, -0.15) is 0 Å². The van der Waals surface area contributed by atoms with Crippen LogP contribution in [-0.2, 0) is 16.4 Å². The first kappa shape index (κ1) is 15.8. The van der Waals surface area contributed by atoms with Gasteiger partial charge in [0.1, 0.15) is 6.33 Å². The fraction of sp³-hybridized carbons (Fsp3) is 0.125. The highest BCUT2D eigenvalue weighted by molar-refractivity contribution is 7.90. The molecular weight excluding hydrogens is 330 g/mol. The Bertz CT molecular complexity index is 918. The van der Waals surface area contributed by atoms with Crippen LogP contribution in [0, 0.1) is 0 Å². The normalized spacial score (nSPS) is 11.6. The maximum atomic E-state index is 11.6. The summed E-state index contributed by atoms with van der Waals surface area (Å²) in [5, 5.41) is 0. The van der Waals surface area contributed by atoms with Gasteiger partial charge in [-0.05, 0) is 29.8 Å². The summed E-state index contributed by atoms with van der Waals surface area (Å²) in [5.41, 5.74) is 8.52. The topological polar surface area (TPSA) is 85.9 Å². The maximum Gasteiger partial charge on any atom is 0.175 e. The summed E-state index contributed by atoms with van der Waals surface area (Å²) in [7, 11) is -3.20. The molecule has 0 aliphatic carbocycles. The smallest absolute Gasteiger partial charge is 0.175 e. The lowest BCUT2D eigenvalue weighted by molar-refractivity contribution is 0.602. The molecule has 0 unspecified atom stereocenters. The Morgan fingerprint density at radius 3 is 2.48 bits per heavy atom. The maximum absolute atomic E-state index is 11.6. The van der Waals surface area contributed by atoms with Gasteiger partial charge in [-0.1, -0.05) is 12.1 Å². The summed E-state index contributed by atoms with van der Waals surface area (Å²) < 4.78 is 23.2. The van der Waals surface area contributed by atoms with Gasteiger partial charge in [0.25, 0.3) is 0 Å². The number of aromatic nitrogens is 2. The van der Waals surface area contributed by atoms with Crippen molar-refractivity contribution in [1.82, 2.24) is 9.97 Å². The first-order valence-corrected chi connectivity index (χ1v) is 9.59. The van der Waals surface area contributed by atoms with Crippen molar-refractivity contribution in [2.75, 3.05) is 6.26 Å². The Morgan fingerprint density at radius 2 is 1.91 bits per heavy atom. The third-order valence-corrected chi connectivity index (χ3v) is 5.70. The van der Waals surface area contributed by atoms with Crippen LogP contribution < -0.4 is 5.73 Å². The summed E-state index contributed by atoms with van der Waals surface area (Å²) in [6, 6.07) is 10.7. The Morgan fingerprint density at radius 1 is 1.17 bits per heavy atom. The highest BCUT2D eigenvalue weighted by Crippen LogP contribution is 2.38. The Labute approximate surface area is 138 Å². The molecule has 2 N–H and O–H groups in total. The number of nitrogens with zero attached hydrogens (tertiary/aromatic N) is 2. The van der Waals surface area contributed by atoms with Gasteiger partial charge in [-0.3, -0.25) is 0 Å². The molecule has 2 heterocycles. The lowest BCUT2D eigenvalue weighted by Gasteiger charge is -2.05. The zero-order valence-electron chi connectivity index (χ0n) is 12.4. The van der Waals surface area contributed by atoms with Crippen molar-refractivity contribution in [1.29, 1.82) is 0 Å². The third kappa shape index (κ3) is 3.31. The molecule has 0 radical (unpaired) electrons. The van der Waals surface area contributed by atoms with Crippen LogP contribution >= 0.6 is 11.3 Å². The minimum atomic E-state index is -3.20. The molecule has 0 atom stereocenters. The van der Waals surface area contributed by atoms with Gasteiger partial charge >= 0.3 is 0 Å². The van der Waals surface area contributed by atoms with Crippen molar-refractivity contribution in [3.05, 3.63) is 53.8 Å². The predicted octanol–water partition coefficient (Wildman–Crippen LogP) is 2.73. The number of rotatable bonds is 4. The summed E-state index contributed by atoms with van der Waals surface area (Å²) in [4.78, 5) is 10.6. The second-order valence-corrected chi connectivity index (χ2v) is 8.20. The minimum absolute atomic E-state index is 0.305. The molecule has 0 aliphatic rings. The molecule has 1 aromatic carbocycles. The molecule has 0 aliphatic heterocycles. The quantitative estimate of drug-likeness (QED) is 0.786. The van der Waals surface area contributed by atoms with Crippen LogP contribution in [0.25, 0.3) is 21.7 Å². The first-order valence-electron chi connectivity index (χ1n) is 6.88. The third-order valence-electron chi connectivity index (χ3n) is 3.39. The number of hydrogen-bond donors (Lipinski definition) is 1. The van der Waals surface area contributed by atoms with Crippen LogP contribution in [0.4, 0.5) is 0 Å². The standard InChI is InChI=1S/C16H15N3O2S2/c1-23(20,21)13-4-2-11(3-5-13)14-8-12(9-17)22-16(14)15-6-7-18-10-19-15/h2-8,10H,9,17H2,1H3. The minimum Gasteiger partial charge on any atom is -0.326 e. The summed E-state index contributed by atoms with van der Waals surface area (Å²) in [5.74, 6) is 0. The number of benzene rings is 1. The molecule has 2 aromatic heterocycles. The molecule has 118 valence electrons. The second kappa shape index (κ2) is 6.19. The molecule has 3 aromatic rings. The van der Waals surface area contributed by atoms with E-state index in [1.807, 2.05) is 24.3 Å². The number of sulfone groups is 1. The largest absolute Gasteiger partial charge is 0.326 e. The van der Waals surface area contributed by atoms with E-state index in [0.29, 0.717) is 11.4 Å². The number of nitrogens with two attached hydrogens (primary N) is 1. The van der Waals surface area contributed by atoms with E-state index >= 15 is 0 Å². The SMILES string of the molecule is CS(=O)(=O)c1ccc(-c2cc(CN)sc2-c2ccncn2)cc1. The lowest BCUT2D eigenvalue weighted by Crippen LogP contribution is -1.96. The van der Waals surface area contributed by atoms with Crippen molar-refractivity contribution in [2.24, 2.45) is 5.73 Å². The molecule has 0 fully saturated rings. The van der Waals surface area contributed by atoms with E-state index in [4.69, 9.17) is 5.73 Å². The van der Waals surface area contributed by atoms with Crippen LogP contribution in [0.3, 0.4) is 0 Å². The molecule has 0 bridgehead atoms. The van der Waals surface area contributed by atoms with Crippen molar-refractivity contribution >= 4 is 21.2 Å². The average Bonchev–Trinajstić information content (AvgIpc) is 2.99. The molecule has 23 heavy (non-hydrogen) atoms. The van der Waals surface area contributed by atoms with Gasteiger partial charge in [0, 0.05) is 29.4 Å². The zero-order chi connectivity index (χ0) is 16.4. The molecule has 5 nitrogen and oxygen atoms in total. The van der Waals surface area contributed by atoms with Crippen LogP contribution in [0.2, 0.25) is 0 Å². The van der Waals surface area contributed by atoms with E-state index in [0.717, 1.165) is 26.6 Å². The van der Waals surface area contributed by atoms with Crippen molar-refractivity contribution in [2.45, 2.75) is 11.4 Å². The molecule has 0 saturated carbocycles.